The van der Waals surface area contributed by atoms with Crippen LogP contribution in [0.1, 0.15) is 29.2 Å². The van der Waals surface area contributed by atoms with Crippen molar-refractivity contribution in [3.05, 3.63) is 64.8 Å². The van der Waals surface area contributed by atoms with E-state index in [1.165, 1.54) is 15.3 Å². The van der Waals surface area contributed by atoms with E-state index < -0.39 is 0 Å². The van der Waals surface area contributed by atoms with Gasteiger partial charge in [0, 0.05) is 27.8 Å². The molecule has 31 heavy (non-hydrogen) atoms. The number of methoxy groups -OCH3 is 2. The van der Waals surface area contributed by atoms with Crippen LogP contribution < -0.4 is 20.5 Å². The third-order valence-electron chi connectivity index (χ3n) is 5.17. The fraction of sp³-hybridized carbons (Fsp3) is 0.250. The van der Waals surface area contributed by atoms with Crippen LogP contribution >= 0.6 is 11.3 Å². The summed E-state index contributed by atoms with van der Waals surface area (Å²) in [4.78, 5) is 11.7. The highest BCUT2D eigenvalue weighted by Gasteiger charge is 2.16. The van der Waals surface area contributed by atoms with E-state index in [2.05, 4.69) is 52.5 Å². The second-order valence-corrected chi connectivity index (χ2v) is 8.43. The van der Waals surface area contributed by atoms with Crippen molar-refractivity contribution in [2.75, 3.05) is 19.5 Å². The molecule has 0 amide bonds. The first-order valence-electron chi connectivity index (χ1n) is 10.1. The minimum absolute atomic E-state index is 0.0713. The topological polar surface area (TPSA) is 82.3 Å². The van der Waals surface area contributed by atoms with E-state index in [0.717, 1.165) is 22.3 Å². The van der Waals surface area contributed by atoms with Crippen LogP contribution in [0.2, 0.25) is 0 Å². The number of thiophene rings is 1. The highest BCUT2D eigenvalue weighted by molar-refractivity contribution is 7.15. The van der Waals surface area contributed by atoms with Crippen molar-refractivity contribution >= 4 is 28.1 Å². The van der Waals surface area contributed by atoms with Crippen molar-refractivity contribution in [1.82, 2.24) is 9.97 Å². The molecule has 0 spiro atoms. The van der Waals surface area contributed by atoms with Crippen molar-refractivity contribution < 1.29 is 9.47 Å². The molecule has 3 N–H and O–H groups in total. The van der Waals surface area contributed by atoms with Gasteiger partial charge in [0.25, 0.3) is 0 Å². The van der Waals surface area contributed by atoms with Gasteiger partial charge in [-0.2, -0.15) is 0 Å². The van der Waals surface area contributed by atoms with Gasteiger partial charge in [0.2, 0.25) is 0 Å². The average molecular weight is 435 g/mol. The molecular weight excluding hydrogens is 408 g/mol. The highest BCUT2D eigenvalue weighted by Crippen LogP contribution is 2.37. The number of hydrogen-bond acceptors (Lipinski definition) is 7. The van der Waals surface area contributed by atoms with Crippen molar-refractivity contribution in [2.45, 2.75) is 26.4 Å². The molecule has 0 aliphatic heterocycles. The minimum atomic E-state index is 0.0713. The second-order valence-electron chi connectivity index (χ2n) is 7.32. The molecule has 0 saturated heterocycles. The Labute approximate surface area is 186 Å². The fourth-order valence-corrected chi connectivity index (χ4v) is 4.56. The predicted octanol–water partition coefficient (Wildman–Crippen LogP) is 5.32. The Balaban J connectivity index is 1.65. The van der Waals surface area contributed by atoms with Crippen LogP contribution in [0.5, 0.6) is 11.5 Å². The Hall–Kier alpha value is -3.16. The normalized spacial score (nSPS) is 12.0. The summed E-state index contributed by atoms with van der Waals surface area (Å²) in [6.07, 6.45) is 0. The lowest BCUT2D eigenvalue weighted by molar-refractivity contribution is 0.356. The summed E-state index contributed by atoms with van der Waals surface area (Å²) in [7, 11) is 3.25. The van der Waals surface area contributed by atoms with Gasteiger partial charge in [-0.1, -0.05) is 18.2 Å². The summed E-state index contributed by atoms with van der Waals surface area (Å²) in [5.74, 6) is 2.77. The molecule has 2 heterocycles. The zero-order chi connectivity index (χ0) is 22.0. The molecule has 160 valence electrons. The van der Waals surface area contributed by atoms with Crippen LogP contribution in [0.3, 0.4) is 0 Å². The third kappa shape index (κ3) is 4.33. The summed E-state index contributed by atoms with van der Waals surface area (Å²) < 4.78 is 10.9. The smallest absolute Gasteiger partial charge is 0.162 e. The van der Waals surface area contributed by atoms with Crippen LogP contribution in [0.15, 0.2) is 48.5 Å². The maximum Gasteiger partial charge on any atom is 0.162 e. The van der Waals surface area contributed by atoms with E-state index in [1.807, 2.05) is 25.1 Å². The van der Waals surface area contributed by atoms with Crippen molar-refractivity contribution in [1.29, 1.82) is 0 Å². The van der Waals surface area contributed by atoms with Crippen LogP contribution in [-0.2, 0) is 6.54 Å². The molecule has 1 unspecified atom stereocenters. The lowest BCUT2D eigenvalue weighted by Gasteiger charge is -2.16. The fourth-order valence-electron chi connectivity index (χ4n) is 3.55. The SMILES string of the molecule is COc1cc2nc(C)nc(NC(C)c3ccc(-c4cccc(CN)c4)s3)c2cc1OC. The van der Waals surface area contributed by atoms with Crippen LogP contribution in [0.4, 0.5) is 5.82 Å². The molecule has 0 saturated carbocycles. The van der Waals surface area contributed by atoms with E-state index in [0.29, 0.717) is 23.9 Å². The lowest BCUT2D eigenvalue weighted by atomic mass is 10.1. The molecule has 2 aromatic heterocycles. The predicted molar refractivity (Wildman–Crippen MR) is 127 cm³/mol. The molecule has 2 aromatic carbocycles. The molecule has 4 rings (SSSR count). The van der Waals surface area contributed by atoms with Gasteiger partial charge in [-0.15, -0.1) is 11.3 Å². The van der Waals surface area contributed by atoms with Crippen LogP contribution in [0, 0.1) is 6.92 Å². The zero-order valence-corrected chi connectivity index (χ0v) is 18.9. The number of benzene rings is 2. The van der Waals surface area contributed by atoms with E-state index >= 15 is 0 Å². The van der Waals surface area contributed by atoms with E-state index in [4.69, 9.17) is 15.2 Å². The third-order valence-corrected chi connectivity index (χ3v) is 6.48. The molecule has 0 fully saturated rings. The van der Waals surface area contributed by atoms with Gasteiger partial charge in [0.05, 0.1) is 25.8 Å². The molecule has 0 aliphatic carbocycles. The number of fused-ring (bicyclic) bond motifs is 1. The zero-order valence-electron chi connectivity index (χ0n) is 18.1. The number of hydrogen-bond donors (Lipinski definition) is 2. The first kappa shape index (κ1) is 21.1. The van der Waals surface area contributed by atoms with Gasteiger partial charge in [-0.25, -0.2) is 9.97 Å². The first-order chi connectivity index (χ1) is 15.0. The summed E-state index contributed by atoms with van der Waals surface area (Å²) in [5, 5.41) is 4.45. The molecule has 0 radical (unpaired) electrons. The number of ether oxygens (including phenoxy) is 2. The molecule has 7 heteroatoms. The summed E-state index contributed by atoms with van der Waals surface area (Å²) in [6, 6.07) is 16.6. The largest absolute Gasteiger partial charge is 0.493 e. The number of aryl methyl sites for hydroxylation is 1. The number of nitrogens with zero attached hydrogens (tertiary/aromatic N) is 2. The van der Waals surface area contributed by atoms with Gasteiger partial charge < -0.3 is 20.5 Å². The number of aromatic nitrogens is 2. The van der Waals surface area contributed by atoms with E-state index in [-0.39, 0.29) is 6.04 Å². The minimum Gasteiger partial charge on any atom is -0.493 e. The van der Waals surface area contributed by atoms with Gasteiger partial charge in [0.1, 0.15) is 11.6 Å². The Morgan fingerprint density at radius 1 is 1.03 bits per heavy atom. The van der Waals surface area contributed by atoms with Gasteiger partial charge in [-0.3, -0.25) is 0 Å². The van der Waals surface area contributed by atoms with Gasteiger partial charge in [-0.05, 0) is 49.2 Å². The number of nitrogens with two attached hydrogens (primary N) is 1. The molecule has 4 aromatic rings. The van der Waals surface area contributed by atoms with E-state index in [1.54, 1.807) is 25.6 Å². The van der Waals surface area contributed by atoms with Crippen molar-refractivity contribution in [3.63, 3.8) is 0 Å². The number of rotatable bonds is 7. The number of nitrogens with one attached hydrogen (secondary N) is 1. The summed E-state index contributed by atoms with van der Waals surface area (Å²) in [5.41, 5.74) is 8.92. The Kier molecular flexibility index (Phi) is 6.06. The molecule has 0 aliphatic rings. The maximum absolute atomic E-state index is 5.80. The molecular formula is C24H26N4O2S. The Bertz CT molecular complexity index is 1220. The standard InChI is InChI=1S/C24H26N4O2S/c1-14(22-8-9-23(31-22)17-7-5-6-16(10-17)13-25)26-24-18-11-20(29-3)21(30-4)12-19(18)27-15(2)28-24/h5-12,14H,13,25H2,1-4H3,(H,26,27,28). The van der Waals surface area contributed by atoms with Crippen molar-refractivity contribution in [3.8, 4) is 21.9 Å². The molecule has 1 atom stereocenters. The van der Waals surface area contributed by atoms with Crippen LogP contribution in [0.25, 0.3) is 21.3 Å². The number of anilines is 1. The highest BCUT2D eigenvalue weighted by atomic mass is 32.1. The van der Waals surface area contributed by atoms with Gasteiger partial charge >= 0.3 is 0 Å². The van der Waals surface area contributed by atoms with Crippen molar-refractivity contribution in [2.24, 2.45) is 5.73 Å². The quantitative estimate of drug-likeness (QED) is 0.410. The Morgan fingerprint density at radius 2 is 1.81 bits per heavy atom. The van der Waals surface area contributed by atoms with Gasteiger partial charge in [0.15, 0.2) is 11.5 Å². The lowest BCUT2D eigenvalue weighted by Crippen LogP contribution is -2.08. The monoisotopic (exact) mass is 434 g/mol. The second kappa shape index (κ2) is 8.91. The summed E-state index contributed by atoms with van der Waals surface area (Å²) >= 11 is 1.76. The average Bonchev–Trinajstić information content (AvgIpc) is 3.28. The van der Waals surface area contributed by atoms with Crippen LogP contribution in [-0.4, -0.2) is 24.2 Å². The maximum atomic E-state index is 5.80. The van der Waals surface area contributed by atoms with E-state index in [9.17, 15) is 0 Å². The summed E-state index contributed by atoms with van der Waals surface area (Å²) in [6.45, 7) is 4.56. The first-order valence-corrected chi connectivity index (χ1v) is 10.9. The molecule has 0 bridgehead atoms. The Morgan fingerprint density at radius 3 is 2.55 bits per heavy atom. The molecule has 6 nitrogen and oxygen atoms in total.